The lowest BCUT2D eigenvalue weighted by molar-refractivity contribution is 0.235. The molecule has 5 nitrogen and oxygen atoms in total. The van der Waals surface area contributed by atoms with E-state index < -0.39 is 11.6 Å². The lowest BCUT2D eigenvalue weighted by atomic mass is 10.3. The monoisotopic (exact) mass is 287 g/mol. The number of carbonyl (C=O) groups excluding carboxylic acids is 1. The number of nitrogens with one attached hydrogen (secondary N) is 2. The van der Waals surface area contributed by atoms with Gasteiger partial charge in [0.05, 0.1) is 6.54 Å². The number of rotatable bonds is 7. The number of amides is 2. The molecule has 2 amide bonds. The van der Waals surface area contributed by atoms with E-state index in [1.807, 2.05) is 19.0 Å². The van der Waals surface area contributed by atoms with Crippen molar-refractivity contribution in [3.05, 3.63) is 29.8 Å². The summed E-state index contributed by atoms with van der Waals surface area (Å²) >= 11 is 0. The molecule has 7 heteroatoms. The van der Waals surface area contributed by atoms with Crippen LogP contribution in [0.4, 0.5) is 13.6 Å². The number of likely N-dealkylation sites (N-methyl/N-ethyl adjacent to an activating group) is 1. The second-order valence-corrected chi connectivity index (χ2v) is 4.41. The lowest BCUT2D eigenvalue weighted by Gasteiger charge is -2.11. The fourth-order valence-electron chi connectivity index (χ4n) is 1.36. The Morgan fingerprint density at radius 2 is 1.90 bits per heavy atom. The zero-order valence-electron chi connectivity index (χ0n) is 11.6. The predicted octanol–water partition coefficient (Wildman–Crippen LogP) is 1.20. The normalized spacial score (nSPS) is 10.4. The van der Waals surface area contributed by atoms with Crippen LogP contribution >= 0.6 is 0 Å². The Morgan fingerprint density at radius 1 is 1.20 bits per heavy atom. The average Bonchev–Trinajstić information content (AvgIpc) is 2.38. The first-order valence-corrected chi connectivity index (χ1v) is 6.23. The van der Waals surface area contributed by atoms with E-state index >= 15 is 0 Å². The molecule has 0 heterocycles. The third-order valence-electron chi connectivity index (χ3n) is 2.39. The topological polar surface area (TPSA) is 53.6 Å². The van der Waals surface area contributed by atoms with E-state index in [-0.39, 0.29) is 24.9 Å². The van der Waals surface area contributed by atoms with E-state index in [4.69, 9.17) is 4.74 Å². The summed E-state index contributed by atoms with van der Waals surface area (Å²) in [4.78, 5) is 13.3. The Bertz CT molecular complexity index is 442. The van der Waals surface area contributed by atoms with Gasteiger partial charge in [-0.05, 0) is 26.2 Å². The van der Waals surface area contributed by atoms with Gasteiger partial charge in [0.2, 0.25) is 0 Å². The maximum absolute atomic E-state index is 12.9. The Labute approximate surface area is 116 Å². The molecular weight excluding hydrogens is 268 g/mol. The van der Waals surface area contributed by atoms with Crippen molar-refractivity contribution in [3.8, 4) is 5.75 Å². The van der Waals surface area contributed by atoms with Gasteiger partial charge >= 0.3 is 6.03 Å². The highest BCUT2D eigenvalue weighted by molar-refractivity contribution is 5.73. The number of carbonyl (C=O) groups is 1. The van der Waals surface area contributed by atoms with E-state index in [1.54, 1.807) is 0 Å². The number of nitrogens with zero attached hydrogens (tertiary/aromatic N) is 1. The quantitative estimate of drug-likeness (QED) is 0.741. The number of benzene rings is 1. The first-order chi connectivity index (χ1) is 9.49. The van der Waals surface area contributed by atoms with E-state index in [9.17, 15) is 13.6 Å². The van der Waals surface area contributed by atoms with Gasteiger partial charge in [0.1, 0.15) is 12.4 Å². The van der Waals surface area contributed by atoms with Crippen molar-refractivity contribution < 1.29 is 18.3 Å². The zero-order chi connectivity index (χ0) is 15.0. The summed E-state index contributed by atoms with van der Waals surface area (Å²) in [5.41, 5.74) is 0. The molecule has 0 saturated carbocycles. The van der Waals surface area contributed by atoms with Crippen molar-refractivity contribution in [1.82, 2.24) is 15.5 Å². The number of urea groups is 1. The zero-order valence-corrected chi connectivity index (χ0v) is 11.6. The van der Waals surface area contributed by atoms with Crippen LogP contribution in [0, 0.1) is 11.6 Å². The fourth-order valence-corrected chi connectivity index (χ4v) is 1.36. The minimum atomic E-state index is -0.961. The molecule has 0 unspecified atom stereocenters. The summed E-state index contributed by atoms with van der Waals surface area (Å²) in [5.74, 6) is -1.66. The number of hydrogen-bond acceptors (Lipinski definition) is 3. The highest BCUT2D eigenvalue weighted by Crippen LogP contribution is 2.14. The third kappa shape index (κ3) is 6.33. The summed E-state index contributed by atoms with van der Waals surface area (Å²) in [5, 5.41) is 5.26. The summed E-state index contributed by atoms with van der Waals surface area (Å²) in [6.07, 6.45) is 0. The third-order valence-corrected chi connectivity index (χ3v) is 2.39. The molecule has 0 fully saturated rings. The SMILES string of the molecule is CN(C)CCNC(=O)NCCOc1ccc(F)c(F)c1. The lowest BCUT2D eigenvalue weighted by Crippen LogP contribution is -2.40. The summed E-state index contributed by atoms with van der Waals surface area (Å²) in [6, 6.07) is 2.99. The Morgan fingerprint density at radius 3 is 2.55 bits per heavy atom. The molecule has 0 atom stereocenters. The van der Waals surface area contributed by atoms with Crippen LogP contribution < -0.4 is 15.4 Å². The van der Waals surface area contributed by atoms with Gasteiger partial charge in [0.25, 0.3) is 0 Å². The van der Waals surface area contributed by atoms with Gasteiger partial charge in [-0.1, -0.05) is 0 Å². The molecule has 0 radical (unpaired) electrons. The van der Waals surface area contributed by atoms with E-state index in [0.29, 0.717) is 6.54 Å². The van der Waals surface area contributed by atoms with E-state index in [0.717, 1.165) is 18.7 Å². The van der Waals surface area contributed by atoms with Gasteiger partial charge in [-0.25, -0.2) is 13.6 Å². The van der Waals surface area contributed by atoms with Crippen LogP contribution in [-0.2, 0) is 0 Å². The molecule has 112 valence electrons. The molecule has 0 aromatic heterocycles. The van der Waals surface area contributed by atoms with Gasteiger partial charge in [0.15, 0.2) is 11.6 Å². The Balaban J connectivity index is 2.15. The first-order valence-electron chi connectivity index (χ1n) is 6.23. The van der Waals surface area contributed by atoms with Gasteiger partial charge in [-0.2, -0.15) is 0 Å². The molecule has 1 aromatic carbocycles. The highest BCUT2D eigenvalue weighted by atomic mass is 19.2. The number of halogens is 2. The van der Waals surface area contributed by atoms with Crippen molar-refractivity contribution >= 4 is 6.03 Å². The molecule has 1 rings (SSSR count). The van der Waals surface area contributed by atoms with Crippen molar-refractivity contribution in [1.29, 1.82) is 0 Å². The summed E-state index contributed by atoms with van der Waals surface area (Å²) < 4.78 is 30.7. The molecule has 0 spiro atoms. The van der Waals surface area contributed by atoms with Crippen LogP contribution in [0.25, 0.3) is 0 Å². The molecule has 0 aliphatic rings. The molecule has 0 aliphatic heterocycles. The van der Waals surface area contributed by atoms with Gasteiger partial charge < -0.3 is 20.3 Å². The molecule has 20 heavy (non-hydrogen) atoms. The van der Waals surface area contributed by atoms with Crippen molar-refractivity contribution in [3.63, 3.8) is 0 Å². The molecule has 0 aliphatic carbocycles. The second-order valence-electron chi connectivity index (χ2n) is 4.41. The molecule has 2 N–H and O–H groups in total. The highest BCUT2D eigenvalue weighted by Gasteiger charge is 2.03. The molecular formula is C13H19F2N3O2. The number of hydrogen-bond donors (Lipinski definition) is 2. The van der Waals surface area contributed by atoms with Crippen LogP contribution in [-0.4, -0.2) is 51.3 Å². The summed E-state index contributed by atoms with van der Waals surface area (Å²) in [7, 11) is 3.82. The van der Waals surface area contributed by atoms with Crippen molar-refractivity contribution in [2.75, 3.05) is 40.3 Å². The van der Waals surface area contributed by atoms with Gasteiger partial charge in [-0.15, -0.1) is 0 Å². The van der Waals surface area contributed by atoms with Crippen LogP contribution in [0.15, 0.2) is 18.2 Å². The summed E-state index contributed by atoms with van der Waals surface area (Å²) in [6.45, 7) is 1.74. The number of ether oxygens (including phenoxy) is 1. The van der Waals surface area contributed by atoms with Crippen LogP contribution in [0.5, 0.6) is 5.75 Å². The smallest absolute Gasteiger partial charge is 0.314 e. The molecule has 1 aromatic rings. The van der Waals surface area contributed by atoms with Crippen LogP contribution in [0.3, 0.4) is 0 Å². The van der Waals surface area contributed by atoms with Crippen LogP contribution in [0.2, 0.25) is 0 Å². The minimum absolute atomic E-state index is 0.173. The average molecular weight is 287 g/mol. The second kappa shape index (κ2) is 8.31. The van der Waals surface area contributed by atoms with Crippen LogP contribution in [0.1, 0.15) is 0 Å². The van der Waals surface area contributed by atoms with Crippen molar-refractivity contribution in [2.24, 2.45) is 0 Å². The maximum Gasteiger partial charge on any atom is 0.314 e. The van der Waals surface area contributed by atoms with Gasteiger partial charge in [-0.3, -0.25) is 0 Å². The van der Waals surface area contributed by atoms with Gasteiger partial charge in [0, 0.05) is 19.2 Å². The predicted molar refractivity (Wildman–Crippen MR) is 71.8 cm³/mol. The Kier molecular flexibility index (Phi) is 6.72. The fraction of sp³-hybridized carbons (Fsp3) is 0.462. The molecule has 0 bridgehead atoms. The first kappa shape index (κ1) is 16.2. The van der Waals surface area contributed by atoms with E-state index in [1.165, 1.54) is 6.07 Å². The van der Waals surface area contributed by atoms with Crippen molar-refractivity contribution in [2.45, 2.75) is 0 Å². The standard InChI is InChI=1S/C13H19F2N3O2/c1-18(2)7-5-16-13(19)17-6-8-20-10-3-4-11(14)12(15)9-10/h3-4,9H,5-8H2,1-2H3,(H2,16,17,19). The molecule has 0 saturated heterocycles. The Hall–Kier alpha value is -1.89. The minimum Gasteiger partial charge on any atom is -0.492 e. The maximum atomic E-state index is 12.9. The largest absolute Gasteiger partial charge is 0.492 e. The van der Waals surface area contributed by atoms with E-state index in [2.05, 4.69) is 10.6 Å².